The number of nitrogens with zero attached hydrogens (tertiary/aromatic N) is 4. The number of benzene rings is 1. The minimum Gasteiger partial charge on any atom is -0.464 e. The quantitative estimate of drug-likeness (QED) is 0.761. The predicted octanol–water partition coefficient (Wildman–Crippen LogP) is 2.65. The molecule has 1 amide bonds. The number of aromatic nitrogens is 3. The number of amides is 1. The summed E-state index contributed by atoms with van der Waals surface area (Å²) in [5.74, 6) is 1.05. The van der Waals surface area contributed by atoms with Gasteiger partial charge in [-0.05, 0) is 30.7 Å². The van der Waals surface area contributed by atoms with Crippen molar-refractivity contribution in [1.29, 1.82) is 0 Å². The van der Waals surface area contributed by atoms with E-state index in [1.165, 1.54) is 12.5 Å². The molecule has 0 unspecified atom stereocenters. The van der Waals surface area contributed by atoms with Crippen molar-refractivity contribution >= 4 is 22.9 Å². The SMILES string of the molecule is CC(=O)N1CCc2c(ncnc2Oc2ccc3c(ccn3C(=O)O)c2)C1. The lowest BCUT2D eigenvalue weighted by Crippen LogP contribution is -2.35. The average Bonchev–Trinajstić information content (AvgIpc) is 3.05. The third-order valence-electron chi connectivity index (χ3n) is 4.50. The lowest BCUT2D eigenvalue weighted by molar-refractivity contribution is -0.129. The highest BCUT2D eigenvalue weighted by Crippen LogP contribution is 2.30. The van der Waals surface area contributed by atoms with E-state index in [9.17, 15) is 9.59 Å². The molecule has 132 valence electrons. The first kappa shape index (κ1) is 16.1. The van der Waals surface area contributed by atoms with Crippen LogP contribution in [-0.4, -0.2) is 43.1 Å². The second kappa shape index (κ2) is 6.14. The highest BCUT2D eigenvalue weighted by atomic mass is 16.5. The zero-order chi connectivity index (χ0) is 18.3. The molecule has 1 aliphatic rings. The van der Waals surface area contributed by atoms with Gasteiger partial charge in [0.2, 0.25) is 11.8 Å². The molecule has 2 aromatic heterocycles. The standard InChI is InChI=1S/C18H16N4O4/c1-11(23)21-6-5-14-15(9-21)19-10-20-17(14)26-13-2-3-16-12(8-13)4-7-22(16)18(24)25/h2-4,7-8,10H,5-6,9H2,1H3,(H,24,25). The maximum absolute atomic E-state index is 11.6. The molecule has 1 N–H and O–H groups in total. The van der Waals surface area contributed by atoms with E-state index < -0.39 is 6.09 Å². The van der Waals surface area contributed by atoms with E-state index in [2.05, 4.69) is 9.97 Å². The van der Waals surface area contributed by atoms with Crippen LogP contribution >= 0.6 is 0 Å². The zero-order valence-corrected chi connectivity index (χ0v) is 14.0. The fourth-order valence-electron chi connectivity index (χ4n) is 3.14. The summed E-state index contributed by atoms with van der Waals surface area (Å²) in [5.41, 5.74) is 2.27. The van der Waals surface area contributed by atoms with Crippen molar-refractivity contribution in [2.45, 2.75) is 19.9 Å². The van der Waals surface area contributed by atoms with Gasteiger partial charge in [-0.3, -0.25) is 9.36 Å². The fraction of sp³-hybridized carbons (Fsp3) is 0.222. The second-order valence-electron chi connectivity index (χ2n) is 6.09. The van der Waals surface area contributed by atoms with Crippen molar-refractivity contribution in [2.75, 3.05) is 6.54 Å². The summed E-state index contributed by atoms with van der Waals surface area (Å²) in [6.45, 7) is 2.60. The van der Waals surface area contributed by atoms with Crippen molar-refractivity contribution in [1.82, 2.24) is 19.4 Å². The van der Waals surface area contributed by atoms with Gasteiger partial charge in [0.1, 0.15) is 12.1 Å². The number of fused-ring (bicyclic) bond motifs is 2. The third-order valence-corrected chi connectivity index (χ3v) is 4.50. The van der Waals surface area contributed by atoms with Crippen molar-refractivity contribution in [3.63, 3.8) is 0 Å². The molecule has 1 aliphatic heterocycles. The lowest BCUT2D eigenvalue weighted by Gasteiger charge is -2.27. The predicted molar refractivity (Wildman–Crippen MR) is 92.3 cm³/mol. The fourth-order valence-corrected chi connectivity index (χ4v) is 3.14. The van der Waals surface area contributed by atoms with E-state index in [4.69, 9.17) is 9.84 Å². The Balaban J connectivity index is 1.64. The Morgan fingerprint density at radius 1 is 1.23 bits per heavy atom. The van der Waals surface area contributed by atoms with Gasteiger partial charge in [0.25, 0.3) is 0 Å². The summed E-state index contributed by atoms with van der Waals surface area (Å²) in [7, 11) is 0. The number of ether oxygens (including phenoxy) is 1. The molecule has 0 radical (unpaired) electrons. The number of carbonyl (C=O) groups excluding carboxylic acids is 1. The highest BCUT2D eigenvalue weighted by molar-refractivity contribution is 5.89. The van der Waals surface area contributed by atoms with Gasteiger partial charge in [-0.15, -0.1) is 0 Å². The smallest absolute Gasteiger partial charge is 0.415 e. The molecule has 1 aromatic carbocycles. The first-order chi connectivity index (χ1) is 12.5. The maximum atomic E-state index is 11.6. The first-order valence-corrected chi connectivity index (χ1v) is 8.13. The minimum absolute atomic E-state index is 0.0186. The van der Waals surface area contributed by atoms with Crippen molar-refractivity contribution in [2.24, 2.45) is 0 Å². The van der Waals surface area contributed by atoms with Crippen LogP contribution in [0.2, 0.25) is 0 Å². The number of hydrogen-bond acceptors (Lipinski definition) is 5. The van der Waals surface area contributed by atoms with Crippen LogP contribution < -0.4 is 4.74 Å². The van der Waals surface area contributed by atoms with Crippen LogP contribution in [0.25, 0.3) is 10.9 Å². The van der Waals surface area contributed by atoms with Gasteiger partial charge in [0, 0.05) is 30.6 Å². The van der Waals surface area contributed by atoms with Crippen LogP contribution in [0.1, 0.15) is 18.2 Å². The highest BCUT2D eigenvalue weighted by Gasteiger charge is 2.23. The molecule has 0 bridgehead atoms. The molecule has 0 saturated carbocycles. The maximum Gasteiger partial charge on any atom is 0.415 e. The third kappa shape index (κ3) is 2.75. The van der Waals surface area contributed by atoms with E-state index in [0.717, 1.165) is 21.2 Å². The molecule has 8 heteroatoms. The molecule has 3 aromatic rings. The van der Waals surface area contributed by atoms with Gasteiger partial charge in [-0.2, -0.15) is 0 Å². The van der Waals surface area contributed by atoms with Crippen LogP contribution in [0.3, 0.4) is 0 Å². The van der Waals surface area contributed by atoms with Gasteiger partial charge < -0.3 is 14.7 Å². The number of carbonyl (C=O) groups is 2. The summed E-state index contributed by atoms with van der Waals surface area (Å²) >= 11 is 0. The Hall–Kier alpha value is -3.42. The number of carboxylic acid groups (broad SMARTS) is 1. The molecule has 0 spiro atoms. The van der Waals surface area contributed by atoms with Crippen LogP contribution in [0, 0.1) is 0 Å². The molecule has 0 atom stereocenters. The molecule has 0 aliphatic carbocycles. The van der Waals surface area contributed by atoms with E-state index in [1.807, 2.05) is 0 Å². The molecule has 26 heavy (non-hydrogen) atoms. The molecule has 4 rings (SSSR count). The summed E-state index contributed by atoms with van der Waals surface area (Å²) in [6.07, 6.45) is 2.52. The Bertz CT molecular complexity index is 1030. The van der Waals surface area contributed by atoms with E-state index in [-0.39, 0.29) is 5.91 Å². The number of rotatable bonds is 2. The molecule has 0 fully saturated rings. The second-order valence-corrected chi connectivity index (χ2v) is 6.09. The van der Waals surface area contributed by atoms with Crippen LogP contribution in [0.15, 0.2) is 36.8 Å². The summed E-state index contributed by atoms with van der Waals surface area (Å²) in [5, 5.41) is 9.92. The van der Waals surface area contributed by atoms with E-state index in [1.54, 1.807) is 36.1 Å². The zero-order valence-electron chi connectivity index (χ0n) is 14.0. The van der Waals surface area contributed by atoms with E-state index in [0.29, 0.717) is 36.7 Å². The average molecular weight is 352 g/mol. The molecule has 3 heterocycles. The lowest BCUT2D eigenvalue weighted by atomic mass is 10.1. The Labute approximate surface area is 148 Å². The van der Waals surface area contributed by atoms with E-state index >= 15 is 0 Å². The van der Waals surface area contributed by atoms with Gasteiger partial charge in [0.05, 0.1) is 17.8 Å². The van der Waals surface area contributed by atoms with Crippen LogP contribution in [0.4, 0.5) is 4.79 Å². The molecule has 0 saturated heterocycles. The van der Waals surface area contributed by atoms with Gasteiger partial charge >= 0.3 is 6.09 Å². The van der Waals surface area contributed by atoms with Crippen LogP contribution in [-0.2, 0) is 17.8 Å². The summed E-state index contributed by atoms with van der Waals surface area (Å²) in [6, 6.07) is 6.90. The minimum atomic E-state index is -1.03. The Kier molecular flexibility index (Phi) is 3.80. The summed E-state index contributed by atoms with van der Waals surface area (Å²) < 4.78 is 7.09. The van der Waals surface area contributed by atoms with Crippen molar-refractivity contribution in [3.8, 4) is 11.6 Å². The van der Waals surface area contributed by atoms with Gasteiger partial charge in [0.15, 0.2) is 0 Å². The Morgan fingerprint density at radius 2 is 2.08 bits per heavy atom. The van der Waals surface area contributed by atoms with Crippen molar-refractivity contribution in [3.05, 3.63) is 48.0 Å². The normalized spacial score (nSPS) is 13.5. The molecular weight excluding hydrogens is 336 g/mol. The van der Waals surface area contributed by atoms with Gasteiger partial charge in [-0.1, -0.05) is 0 Å². The Morgan fingerprint density at radius 3 is 2.85 bits per heavy atom. The van der Waals surface area contributed by atoms with Crippen LogP contribution in [0.5, 0.6) is 11.6 Å². The topological polar surface area (TPSA) is 97.6 Å². The first-order valence-electron chi connectivity index (χ1n) is 8.13. The van der Waals surface area contributed by atoms with Gasteiger partial charge in [-0.25, -0.2) is 14.8 Å². The monoisotopic (exact) mass is 352 g/mol. The van der Waals surface area contributed by atoms with Crippen molar-refractivity contribution < 1.29 is 19.4 Å². The largest absolute Gasteiger partial charge is 0.464 e. The molecule has 8 nitrogen and oxygen atoms in total. The summed E-state index contributed by atoms with van der Waals surface area (Å²) in [4.78, 5) is 33.0. The number of hydrogen-bond donors (Lipinski definition) is 1. The molecular formula is C18H16N4O4.